The van der Waals surface area contributed by atoms with Gasteiger partial charge in [-0.05, 0) is 45.7 Å². The first kappa shape index (κ1) is 18.3. The molecule has 1 N–H and O–H groups in total. The molecule has 25 heavy (non-hydrogen) atoms. The average molecular weight is 362 g/mol. The molecule has 1 fully saturated rings. The van der Waals surface area contributed by atoms with E-state index in [1.165, 1.54) is 0 Å². The number of carbonyl (C=O) groups excluding carboxylic acids is 2. The average Bonchev–Trinajstić information content (AvgIpc) is 2.97. The first-order valence-electron chi connectivity index (χ1n) is 8.81. The summed E-state index contributed by atoms with van der Waals surface area (Å²) in [5, 5.41) is 2.92. The fraction of sp³-hybridized carbons (Fsp3) is 0.579. The van der Waals surface area contributed by atoms with Crippen LogP contribution in [0.5, 0.6) is 0 Å². The van der Waals surface area contributed by atoms with Crippen molar-refractivity contribution >= 4 is 23.6 Å². The van der Waals surface area contributed by atoms with E-state index in [1.807, 2.05) is 52.0 Å². The lowest BCUT2D eigenvalue weighted by Crippen LogP contribution is -2.52. The van der Waals surface area contributed by atoms with Crippen molar-refractivity contribution in [3.8, 4) is 0 Å². The fourth-order valence-corrected chi connectivity index (χ4v) is 5.09. The zero-order valence-corrected chi connectivity index (χ0v) is 16.1. The van der Waals surface area contributed by atoms with Gasteiger partial charge in [0.25, 0.3) is 5.91 Å². The van der Waals surface area contributed by atoms with Crippen molar-refractivity contribution in [1.29, 1.82) is 0 Å². The molecule has 0 aromatic heterocycles. The molecule has 0 bridgehead atoms. The predicted molar refractivity (Wildman–Crippen MR) is 99.5 cm³/mol. The molecule has 0 radical (unpaired) electrons. The van der Waals surface area contributed by atoms with Crippen LogP contribution in [0.25, 0.3) is 0 Å². The van der Waals surface area contributed by atoms with E-state index in [9.17, 15) is 9.59 Å². The highest BCUT2D eigenvalue weighted by Gasteiger charge is 2.57. The molecule has 6 heteroatoms. The maximum Gasteiger partial charge on any atom is 0.256 e. The van der Waals surface area contributed by atoms with Gasteiger partial charge in [0.2, 0.25) is 5.91 Å². The van der Waals surface area contributed by atoms with Crippen LogP contribution in [0.15, 0.2) is 24.3 Å². The first-order valence-corrected chi connectivity index (χ1v) is 9.69. The monoisotopic (exact) mass is 362 g/mol. The zero-order chi connectivity index (χ0) is 18.2. The van der Waals surface area contributed by atoms with Gasteiger partial charge >= 0.3 is 0 Å². The minimum absolute atomic E-state index is 0.0398. The highest BCUT2D eigenvalue weighted by atomic mass is 32.2. The second-order valence-corrected chi connectivity index (χ2v) is 9.07. The van der Waals surface area contributed by atoms with E-state index in [1.54, 1.807) is 16.7 Å². The molecule has 0 spiro atoms. The van der Waals surface area contributed by atoms with Crippen LogP contribution in [0.3, 0.4) is 0 Å². The second-order valence-electron chi connectivity index (χ2n) is 7.34. The normalized spacial score (nSPS) is 23.7. The molecule has 2 atom stereocenters. The van der Waals surface area contributed by atoms with Gasteiger partial charge in [-0.1, -0.05) is 18.2 Å². The van der Waals surface area contributed by atoms with Gasteiger partial charge in [-0.3, -0.25) is 9.59 Å². The lowest BCUT2D eigenvalue weighted by molar-refractivity contribution is -0.126. The number of benzene rings is 1. The molecule has 0 aliphatic carbocycles. The maximum absolute atomic E-state index is 12.8. The minimum Gasteiger partial charge on any atom is -0.379 e. The quantitative estimate of drug-likeness (QED) is 0.791. The Bertz CT molecular complexity index is 674. The molecule has 1 saturated heterocycles. The van der Waals surface area contributed by atoms with Crippen molar-refractivity contribution in [2.75, 3.05) is 13.2 Å². The highest BCUT2D eigenvalue weighted by molar-refractivity contribution is 8.01. The van der Waals surface area contributed by atoms with Gasteiger partial charge in [0.05, 0.1) is 6.10 Å². The zero-order valence-electron chi connectivity index (χ0n) is 15.2. The van der Waals surface area contributed by atoms with E-state index in [0.717, 1.165) is 17.5 Å². The summed E-state index contributed by atoms with van der Waals surface area (Å²) in [6.07, 6.45) is 0.962. The van der Waals surface area contributed by atoms with E-state index in [4.69, 9.17) is 4.74 Å². The molecule has 2 aliphatic rings. The Balaban J connectivity index is 1.69. The van der Waals surface area contributed by atoms with E-state index in [0.29, 0.717) is 13.2 Å². The van der Waals surface area contributed by atoms with Crippen LogP contribution in [-0.2, 0) is 9.53 Å². The Hall–Kier alpha value is -1.53. The molecule has 2 amide bonds. The standard InChI is InChI=1S/C19H26N2O3S/c1-12(2)24-11-7-10-20-16(22)15-19(3,4)25-18-14-9-6-5-8-13(14)17(23)21(15)18/h5-6,8-9,12,15,18H,7,10-11H2,1-4H3,(H,20,22)/t15-,18-/m1/s1. The Morgan fingerprint density at radius 1 is 1.36 bits per heavy atom. The van der Waals surface area contributed by atoms with Crippen LogP contribution in [0.4, 0.5) is 0 Å². The van der Waals surface area contributed by atoms with Crippen LogP contribution in [0, 0.1) is 0 Å². The van der Waals surface area contributed by atoms with E-state index < -0.39 is 6.04 Å². The van der Waals surface area contributed by atoms with E-state index in [2.05, 4.69) is 5.32 Å². The number of amides is 2. The molecule has 2 heterocycles. The van der Waals surface area contributed by atoms with E-state index in [-0.39, 0.29) is 28.0 Å². The van der Waals surface area contributed by atoms with Crippen LogP contribution in [0.2, 0.25) is 0 Å². The third kappa shape index (κ3) is 3.42. The summed E-state index contributed by atoms with van der Waals surface area (Å²) < 4.78 is 5.17. The predicted octanol–water partition coefficient (Wildman–Crippen LogP) is 2.97. The molecule has 2 aliphatic heterocycles. The van der Waals surface area contributed by atoms with Crippen LogP contribution in [0.1, 0.15) is 55.4 Å². The number of fused-ring (bicyclic) bond motifs is 3. The number of nitrogens with one attached hydrogen (secondary N) is 1. The number of nitrogens with zero attached hydrogens (tertiary/aromatic N) is 1. The van der Waals surface area contributed by atoms with Crippen molar-refractivity contribution in [2.24, 2.45) is 0 Å². The van der Waals surface area contributed by atoms with Gasteiger partial charge in [0, 0.05) is 23.5 Å². The summed E-state index contributed by atoms with van der Waals surface area (Å²) in [4.78, 5) is 27.4. The Morgan fingerprint density at radius 2 is 2.08 bits per heavy atom. The molecule has 0 unspecified atom stereocenters. The van der Waals surface area contributed by atoms with Crippen LogP contribution >= 0.6 is 11.8 Å². The summed E-state index contributed by atoms with van der Waals surface area (Å²) in [5.41, 5.74) is 1.74. The van der Waals surface area contributed by atoms with Crippen LogP contribution < -0.4 is 5.32 Å². The van der Waals surface area contributed by atoms with Gasteiger partial charge in [0.1, 0.15) is 11.4 Å². The number of carbonyl (C=O) groups is 2. The molecule has 0 saturated carbocycles. The Labute approximate surface area is 153 Å². The molecule has 5 nitrogen and oxygen atoms in total. The highest BCUT2D eigenvalue weighted by Crippen LogP contribution is 2.56. The van der Waals surface area contributed by atoms with Crippen molar-refractivity contribution in [2.45, 2.75) is 56.4 Å². The van der Waals surface area contributed by atoms with Crippen molar-refractivity contribution < 1.29 is 14.3 Å². The third-order valence-corrected chi connectivity index (χ3v) is 6.15. The number of rotatable bonds is 6. The fourth-order valence-electron chi connectivity index (χ4n) is 3.50. The Kier molecular flexibility index (Phi) is 5.11. The molecule has 3 rings (SSSR count). The van der Waals surface area contributed by atoms with Crippen molar-refractivity contribution in [1.82, 2.24) is 10.2 Å². The van der Waals surface area contributed by atoms with E-state index >= 15 is 0 Å². The number of ether oxygens (including phenoxy) is 1. The van der Waals surface area contributed by atoms with Crippen LogP contribution in [-0.4, -0.2) is 46.8 Å². The number of thioether (sulfide) groups is 1. The topological polar surface area (TPSA) is 58.6 Å². The van der Waals surface area contributed by atoms with Gasteiger partial charge in [-0.15, -0.1) is 11.8 Å². The molecule has 136 valence electrons. The third-order valence-electron chi connectivity index (χ3n) is 4.62. The lowest BCUT2D eigenvalue weighted by Gasteiger charge is -2.29. The molecular formula is C19H26N2O3S. The largest absolute Gasteiger partial charge is 0.379 e. The van der Waals surface area contributed by atoms with Crippen molar-refractivity contribution in [3.05, 3.63) is 35.4 Å². The molecule has 1 aromatic rings. The van der Waals surface area contributed by atoms with Gasteiger partial charge in [-0.25, -0.2) is 0 Å². The molecular weight excluding hydrogens is 336 g/mol. The smallest absolute Gasteiger partial charge is 0.256 e. The SMILES string of the molecule is CC(C)OCCCNC(=O)[C@H]1N2C(=O)c3ccccc3[C@H]2SC1(C)C. The maximum atomic E-state index is 12.8. The summed E-state index contributed by atoms with van der Waals surface area (Å²) in [6, 6.07) is 7.20. The summed E-state index contributed by atoms with van der Waals surface area (Å²) in [5.74, 6) is -0.118. The summed E-state index contributed by atoms with van der Waals surface area (Å²) in [6.45, 7) is 9.25. The summed E-state index contributed by atoms with van der Waals surface area (Å²) in [7, 11) is 0. The lowest BCUT2D eigenvalue weighted by atomic mass is 10.0. The Morgan fingerprint density at radius 3 is 2.80 bits per heavy atom. The first-order chi connectivity index (χ1) is 11.8. The minimum atomic E-state index is -0.464. The van der Waals surface area contributed by atoms with Gasteiger partial charge in [-0.2, -0.15) is 0 Å². The van der Waals surface area contributed by atoms with Crippen molar-refractivity contribution in [3.63, 3.8) is 0 Å². The van der Waals surface area contributed by atoms with Gasteiger partial charge in [0.15, 0.2) is 0 Å². The number of hydrogen-bond donors (Lipinski definition) is 1. The number of hydrogen-bond acceptors (Lipinski definition) is 4. The summed E-state index contributed by atoms with van der Waals surface area (Å²) >= 11 is 1.69. The molecule has 1 aromatic carbocycles. The second kappa shape index (κ2) is 7.00. The van der Waals surface area contributed by atoms with Gasteiger partial charge < -0.3 is 15.0 Å².